The number of piperidine rings is 1. The molecule has 0 radical (unpaired) electrons. The number of hydrogen-bond acceptors (Lipinski definition) is 6. The SMILES string of the molecule is CCCCN1C(=O)[C@H](CC(C)C)NC(=O)C12CCN(Cc1ccc(Oc3ccc4c(c3)OCCO4)cc1)CC2. The Morgan fingerprint density at radius 1 is 1.00 bits per heavy atom. The first-order valence-electron chi connectivity index (χ1n) is 14.4. The van der Waals surface area contributed by atoms with Crippen LogP contribution in [-0.2, 0) is 16.1 Å². The standard InChI is InChI=1S/C31H41N3O5/c1-4-5-14-34-29(35)26(19-22(2)3)32-30(36)31(34)12-15-33(16-13-31)21-23-6-8-24(9-7-23)39-25-10-11-27-28(20-25)38-18-17-37-27/h6-11,20,22,26H,4-5,12-19,21H2,1-3H3,(H,32,36)/t26-/m0/s1. The maximum Gasteiger partial charge on any atom is 0.246 e. The highest BCUT2D eigenvalue weighted by Gasteiger charge is 2.53. The summed E-state index contributed by atoms with van der Waals surface area (Å²) in [6.07, 6.45) is 3.92. The number of nitrogens with zero attached hydrogens (tertiary/aromatic N) is 2. The van der Waals surface area contributed by atoms with Crippen LogP contribution in [0, 0.1) is 5.92 Å². The second-order valence-electron chi connectivity index (χ2n) is 11.4. The van der Waals surface area contributed by atoms with Gasteiger partial charge in [-0.05, 0) is 61.4 Å². The highest BCUT2D eigenvalue weighted by atomic mass is 16.6. The summed E-state index contributed by atoms with van der Waals surface area (Å²) in [6.45, 7) is 10.4. The average Bonchev–Trinajstić information content (AvgIpc) is 2.93. The maximum atomic E-state index is 13.5. The van der Waals surface area contributed by atoms with Gasteiger partial charge in [0.1, 0.15) is 36.3 Å². The Morgan fingerprint density at radius 3 is 2.38 bits per heavy atom. The topological polar surface area (TPSA) is 80.3 Å². The Balaban J connectivity index is 1.19. The minimum absolute atomic E-state index is 0.0316. The molecule has 3 heterocycles. The van der Waals surface area contributed by atoms with E-state index in [9.17, 15) is 9.59 Å². The van der Waals surface area contributed by atoms with Gasteiger partial charge in [-0.3, -0.25) is 14.5 Å². The molecular formula is C31H41N3O5. The van der Waals surface area contributed by atoms with Crippen LogP contribution in [0.25, 0.3) is 0 Å². The first-order valence-corrected chi connectivity index (χ1v) is 14.4. The first kappa shape index (κ1) is 27.3. The van der Waals surface area contributed by atoms with E-state index in [1.165, 1.54) is 5.56 Å². The van der Waals surface area contributed by atoms with Gasteiger partial charge in [-0.25, -0.2) is 0 Å². The highest BCUT2D eigenvalue weighted by molar-refractivity contribution is 6.00. The number of nitrogens with one attached hydrogen (secondary N) is 1. The van der Waals surface area contributed by atoms with Gasteiger partial charge in [0.2, 0.25) is 11.8 Å². The van der Waals surface area contributed by atoms with Gasteiger partial charge in [-0.1, -0.05) is 39.3 Å². The van der Waals surface area contributed by atoms with E-state index < -0.39 is 11.6 Å². The lowest BCUT2D eigenvalue weighted by Gasteiger charge is -2.52. The molecule has 2 saturated heterocycles. The lowest BCUT2D eigenvalue weighted by Crippen LogP contribution is -2.73. The average molecular weight is 536 g/mol. The molecule has 0 aromatic heterocycles. The van der Waals surface area contributed by atoms with Gasteiger partial charge in [-0.2, -0.15) is 0 Å². The number of fused-ring (bicyclic) bond motifs is 1. The largest absolute Gasteiger partial charge is 0.486 e. The maximum absolute atomic E-state index is 13.5. The van der Waals surface area contributed by atoms with E-state index in [4.69, 9.17) is 14.2 Å². The molecule has 0 aliphatic carbocycles. The quantitative estimate of drug-likeness (QED) is 0.499. The molecule has 0 bridgehead atoms. The zero-order valence-corrected chi connectivity index (χ0v) is 23.4. The predicted molar refractivity (Wildman–Crippen MR) is 149 cm³/mol. The Kier molecular flexibility index (Phi) is 8.31. The second kappa shape index (κ2) is 11.9. The summed E-state index contributed by atoms with van der Waals surface area (Å²) < 4.78 is 17.3. The Morgan fingerprint density at radius 2 is 1.69 bits per heavy atom. The van der Waals surface area contributed by atoms with E-state index in [2.05, 4.69) is 43.1 Å². The summed E-state index contributed by atoms with van der Waals surface area (Å²) in [5.41, 5.74) is 0.460. The molecular weight excluding hydrogens is 494 g/mol. The van der Waals surface area contributed by atoms with Gasteiger partial charge in [-0.15, -0.1) is 0 Å². The molecule has 0 saturated carbocycles. The minimum Gasteiger partial charge on any atom is -0.486 e. The van der Waals surface area contributed by atoms with Gasteiger partial charge < -0.3 is 24.4 Å². The fourth-order valence-electron chi connectivity index (χ4n) is 5.87. The van der Waals surface area contributed by atoms with Crippen LogP contribution in [0.3, 0.4) is 0 Å². The number of benzene rings is 2. The Hall–Kier alpha value is -3.26. The molecule has 3 aliphatic heterocycles. The van der Waals surface area contributed by atoms with Crippen molar-refractivity contribution < 1.29 is 23.8 Å². The van der Waals surface area contributed by atoms with Gasteiger partial charge in [0.05, 0.1) is 0 Å². The first-order chi connectivity index (χ1) is 18.9. The number of likely N-dealkylation sites (tertiary alicyclic amines) is 1. The zero-order chi connectivity index (χ0) is 27.4. The summed E-state index contributed by atoms with van der Waals surface area (Å²) in [4.78, 5) is 31.2. The van der Waals surface area contributed by atoms with Gasteiger partial charge in [0.25, 0.3) is 0 Å². The molecule has 2 fully saturated rings. The number of unbranched alkanes of at least 4 members (excludes halogenated alkanes) is 1. The number of carbonyl (C=O) groups excluding carboxylic acids is 2. The van der Waals surface area contributed by atoms with Crippen LogP contribution in [0.4, 0.5) is 0 Å². The third kappa shape index (κ3) is 6.01. The van der Waals surface area contributed by atoms with E-state index in [0.717, 1.165) is 44.0 Å². The molecule has 1 atom stereocenters. The molecule has 1 spiro atoms. The molecule has 8 heteroatoms. The lowest BCUT2D eigenvalue weighted by molar-refractivity contribution is -0.161. The van der Waals surface area contributed by atoms with Crippen molar-refractivity contribution in [3.63, 3.8) is 0 Å². The van der Waals surface area contributed by atoms with Crippen molar-refractivity contribution in [3.05, 3.63) is 48.0 Å². The number of rotatable bonds is 9. The fourth-order valence-corrected chi connectivity index (χ4v) is 5.87. The van der Waals surface area contributed by atoms with E-state index in [0.29, 0.717) is 56.4 Å². The van der Waals surface area contributed by atoms with Crippen molar-refractivity contribution in [1.82, 2.24) is 15.1 Å². The van der Waals surface area contributed by atoms with Crippen molar-refractivity contribution in [2.24, 2.45) is 5.92 Å². The smallest absolute Gasteiger partial charge is 0.246 e. The summed E-state index contributed by atoms with van der Waals surface area (Å²) in [5, 5.41) is 3.09. The van der Waals surface area contributed by atoms with Crippen LogP contribution < -0.4 is 19.5 Å². The summed E-state index contributed by atoms with van der Waals surface area (Å²) in [6, 6.07) is 13.3. The highest BCUT2D eigenvalue weighted by Crippen LogP contribution is 2.36. The van der Waals surface area contributed by atoms with Gasteiger partial charge in [0.15, 0.2) is 11.5 Å². The van der Waals surface area contributed by atoms with Crippen LogP contribution in [-0.4, -0.2) is 66.0 Å². The number of carbonyl (C=O) groups is 2. The molecule has 210 valence electrons. The van der Waals surface area contributed by atoms with E-state index in [1.807, 2.05) is 35.2 Å². The molecule has 1 N–H and O–H groups in total. The number of amides is 2. The fraction of sp³-hybridized carbons (Fsp3) is 0.548. The molecule has 8 nitrogen and oxygen atoms in total. The number of hydrogen-bond donors (Lipinski definition) is 1. The van der Waals surface area contributed by atoms with Gasteiger partial charge >= 0.3 is 0 Å². The number of piperazine rings is 1. The van der Waals surface area contributed by atoms with E-state index in [-0.39, 0.29) is 11.8 Å². The summed E-state index contributed by atoms with van der Waals surface area (Å²) >= 11 is 0. The van der Waals surface area contributed by atoms with Crippen LogP contribution in [0.2, 0.25) is 0 Å². The van der Waals surface area contributed by atoms with Crippen LogP contribution >= 0.6 is 0 Å². The third-order valence-corrected chi connectivity index (χ3v) is 8.01. The van der Waals surface area contributed by atoms with Crippen molar-refractivity contribution in [3.8, 4) is 23.0 Å². The molecule has 0 unspecified atom stereocenters. The Bertz CT molecular complexity index is 1160. The monoisotopic (exact) mass is 535 g/mol. The molecule has 2 amide bonds. The zero-order valence-electron chi connectivity index (χ0n) is 23.4. The van der Waals surface area contributed by atoms with Crippen molar-refractivity contribution in [2.75, 3.05) is 32.8 Å². The second-order valence-corrected chi connectivity index (χ2v) is 11.4. The third-order valence-electron chi connectivity index (χ3n) is 8.01. The molecule has 2 aromatic rings. The molecule has 5 rings (SSSR count). The van der Waals surface area contributed by atoms with Crippen LogP contribution in [0.15, 0.2) is 42.5 Å². The van der Waals surface area contributed by atoms with Crippen molar-refractivity contribution in [1.29, 1.82) is 0 Å². The molecule has 2 aromatic carbocycles. The number of ether oxygens (including phenoxy) is 3. The molecule has 3 aliphatic rings. The molecule has 39 heavy (non-hydrogen) atoms. The summed E-state index contributed by atoms with van der Waals surface area (Å²) in [7, 11) is 0. The minimum atomic E-state index is -0.725. The van der Waals surface area contributed by atoms with E-state index >= 15 is 0 Å². The Labute approximate surface area is 231 Å². The van der Waals surface area contributed by atoms with Gasteiger partial charge in [0, 0.05) is 32.2 Å². The van der Waals surface area contributed by atoms with Crippen LogP contribution in [0.1, 0.15) is 58.4 Å². The predicted octanol–water partition coefficient (Wildman–Crippen LogP) is 4.76. The normalized spacial score (nSPS) is 20.8. The van der Waals surface area contributed by atoms with E-state index in [1.54, 1.807) is 0 Å². The van der Waals surface area contributed by atoms with Crippen molar-refractivity contribution >= 4 is 11.8 Å². The lowest BCUT2D eigenvalue weighted by atomic mass is 9.80. The van der Waals surface area contributed by atoms with Crippen molar-refractivity contribution in [2.45, 2.75) is 71.0 Å². The summed E-state index contributed by atoms with van der Waals surface area (Å²) in [5.74, 6) is 3.39. The van der Waals surface area contributed by atoms with Crippen LogP contribution in [0.5, 0.6) is 23.0 Å².